The number of hydrogen-bond donors (Lipinski definition) is 2. The molecule has 6 nitrogen and oxygen atoms in total. The van der Waals surface area contributed by atoms with E-state index < -0.39 is 41.7 Å². The molecule has 2 N–H and O–H groups in total. The Bertz CT molecular complexity index is 663. The zero-order valence-corrected chi connectivity index (χ0v) is 15.1. The van der Waals surface area contributed by atoms with E-state index in [1.807, 2.05) is 6.92 Å². The average molecular weight is 350 g/mol. The third kappa shape index (κ3) is 2.62. The molecule has 0 amide bonds. The molecule has 2 fully saturated rings. The molecule has 3 rings (SSSR count). The first-order valence-electron chi connectivity index (χ1n) is 8.75. The van der Waals surface area contributed by atoms with Crippen LogP contribution in [-0.2, 0) is 19.1 Å². The zero-order valence-electron chi connectivity index (χ0n) is 15.1. The van der Waals surface area contributed by atoms with Gasteiger partial charge >= 0.3 is 11.9 Å². The maximum absolute atomic E-state index is 12.2. The van der Waals surface area contributed by atoms with Gasteiger partial charge < -0.3 is 19.7 Å². The van der Waals surface area contributed by atoms with Crippen molar-refractivity contribution in [2.24, 2.45) is 17.3 Å². The molecule has 0 aromatic carbocycles. The molecule has 0 bridgehead atoms. The van der Waals surface area contributed by atoms with Gasteiger partial charge in [-0.3, -0.25) is 4.79 Å². The zero-order chi connectivity index (χ0) is 18.7. The first-order valence-corrected chi connectivity index (χ1v) is 8.75. The van der Waals surface area contributed by atoms with E-state index in [4.69, 9.17) is 9.47 Å². The largest absolute Gasteiger partial charge is 0.461 e. The Morgan fingerprint density at radius 2 is 2.04 bits per heavy atom. The van der Waals surface area contributed by atoms with Gasteiger partial charge in [-0.05, 0) is 24.5 Å². The van der Waals surface area contributed by atoms with Crippen molar-refractivity contribution >= 4 is 11.9 Å². The first kappa shape index (κ1) is 18.1. The number of esters is 2. The summed E-state index contributed by atoms with van der Waals surface area (Å²) in [7, 11) is 0. The molecule has 1 heterocycles. The number of hydrogen-bond acceptors (Lipinski definition) is 6. The highest BCUT2D eigenvalue weighted by molar-refractivity contribution is 5.91. The molecule has 1 aliphatic heterocycles. The number of fused-ring (bicyclic) bond motifs is 3. The average Bonchev–Trinajstić information content (AvgIpc) is 2.80. The summed E-state index contributed by atoms with van der Waals surface area (Å²) in [4.78, 5) is 24.3. The minimum absolute atomic E-state index is 0.211. The molecule has 3 aliphatic rings. The molecule has 2 aliphatic carbocycles. The third-order valence-electron chi connectivity index (χ3n) is 6.00. The summed E-state index contributed by atoms with van der Waals surface area (Å²) >= 11 is 0. The van der Waals surface area contributed by atoms with Gasteiger partial charge in [0.05, 0.1) is 24.0 Å². The summed E-state index contributed by atoms with van der Waals surface area (Å²) in [5.41, 5.74) is 1.02. The molecular formula is C19H26O6. The molecule has 1 saturated heterocycles. The molecule has 0 aromatic heterocycles. The topological polar surface area (TPSA) is 93.1 Å². The molecule has 6 unspecified atom stereocenters. The van der Waals surface area contributed by atoms with E-state index in [0.29, 0.717) is 6.42 Å². The highest BCUT2D eigenvalue weighted by atomic mass is 16.6. The Balaban J connectivity index is 2.07. The standard InChI is InChI=1S/C19H26O6/c1-8(2)17(22)24-12-7-19(5)13(21)6-11(20)9(3)15(19)16-14(12)10(4)18(23)25-16/h8,11-14,16,20-21H,4,6-7H2,1-3,5H3. The summed E-state index contributed by atoms with van der Waals surface area (Å²) in [6.45, 7) is 11.0. The minimum Gasteiger partial charge on any atom is -0.461 e. The van der Waals surface area contributed by atoms with Crippen LogP contribution in [0.15, 0.2) is 23.3 Å². The minimum atomic E-state index is -0.810. The predicted octanol–water partition coefficient (Wildman–Crippen LogP) is 1.50. The van der Waals surface area contributed by atoms with Crippen molar-refractivity contribution in [2.75, 3.05) is 0 Å². The van der Waals surface area contributed by atoms with E-state index in [0.717, 1.165) is 11.1 Å². The summed E-state index contributed by atoms with van der Waals surface area (Å²) in [6.07, 6.45) is -2.26. The Labute approximate surface area is 147 Å². The highest BCUT2D eigenvalue weighted by Crippen LogP contribution is 2.56. The number of aliphatic hydroxyl groups is 2. The van der Waals surface area contributed by atoms with Gasteiger partial charge in [-0.15, -0.1) is 0 Å². The van der Waals surface area contributed by atoms with Gasteiger partial charge in [0.25, 0.3) is 0 Å². The van der Waals surface area contributed by atoms with Crippen LogP contribution in [0.2, 0.25) is 0 Å². The van der Waals surface area contributed by atoms with Crippen molar-refractivity contribution < 1.29 is 29.3 Å². The van der Waals surface area contributed by atoms with Gasteiger partial charge in [0.15, 0.2) is 0 Å². The fourth-order valence-electron chi connectivity index (χ4n) is 4.44. The molecule has 25 heavy (non-hydrogen) atoms. The Hall–Kier alpha value is -1.66. The van der Waals surface area contributed by atoms with Gasteiger partial charge in [-0.25, -0.2) is 4.79 Å². The lowest BCUT2D eigenvalue weighted by atomic mass is 9.57. The van der Waals surface area contributed by atoms with E-state index in [9.17, 15) is 19.8 Å². The van der Waals surface area contributed by atoms with Crippen molar-refractivity contribution in [3.8, 4) is 0 Å². The number of carbonyl (C=O) groups excluding carboxylic acids is 2. The first-order chi connectivity index (χ1) is 11.6. The lowest BCUT2D eigenvalue weighted by Gasteiger charge is -2.51. The number of aliphatic hydroxyl groups excluding tert-OH is 2. The molecule has 0 aromatic rings. The van der Waals surface area contributed by atoms with Crippen molar-refractivity contribution in [1.82, 2.24) is 0 Å². The fourth-order valence-corrected chi connectivity index (χ4v) is 4.44. The van der Waals surface area contributed by atoms with E-state index >= 15 is 0 Å². The van der Waals surface area contributed by atoms with E-state index in [1.165, 1.54) is 0 Å². The van der Waals surface area contributed by atoms with Crippen LogP contribution in [-0.4, -0.2) is 46.6 Å². The molecule has 1 saturated carbocycles. The normalized spacial score (nSPS) is 40.7. The molecule has 138 valence electrons. The second-order valence-corrected chi connectivity index (χ2v) is 7.99. The Kier molecular flexibility index (Phi) is 4.32. The van der Waals surface area contributed by atoms with Crippen molar-refractivity contribution in [3.05, 3.63) is 23.3 Å². The van der Waals surface area contributed by atoms with Crippen LogP contribution in [0.1, 0.15) is 40.5 Å². The Morgan fingerprint density at radius 1 is 1.40 bits per heavy atom. The third-order valence-corrected chi connectivity index (χ3v) is 6.00. The van der Waals surface area contributed by atoms with Crippen LogP contribution < -0.4 is 0 Å². The molecule has 6 atom stereocenters. The summed E-state index contributed by atoms with van der Waals surface area (Å²) in [6, 6.07) is 0. The van der Waals surface area contributed by atoms with Crippen molar-refractivity contribution in [1.29, 1.82) is 0 Å². The van der Waals surface area contributed by atoms with Gasteiger partial charge in [0, 0.05) is 17.4 Å². The van der Waals surface area contributed by atoms with Gasteiger partial charge in [0.2, 0.25) is 0 Å². The van der Waals surface area contributed by atoms with E-state index in [1.54, 1.807) is 20.8 Å². The van der Waals surface area contributed by atoms with Crippen molar-refractivity contribution in [2.45, 2.75) is 65.0 Å². The number of ether oxygens (including phenoxy) is 2. The van der Waals surface area contributed by atoms with Crippen molar-refractivity contribution in [3.63, 3.8) is 0 Å². The van der Waals surface area contributed by atoms with Crippen LogP contribution in [0, 0.1) is 17.3 Å². The second-order valence-electron chi connectivity index (χ2n) is 7.99. The summed E-state index contributed by atoms with van der Waals surface area (Å²) < 4.78 is 11.2. The second kappa shape index (κ2) is 5.95. The maximum atomic E-state index is 12.2. The molecular weight excluding hydrogens is 324 g/mol. The number of rotatable bonds is 2. The van der Waals surface area contributed by atoms with E-state index in [-0.39, 0.29) is 23.9 Å². The fraction of sp³-hybridized carbons (Fsp3) is 0.684. The van der Waals surface area contributed by atoms with Crippen LogP contribution in [0.4, 0.5) is 0 Å². The maximum Gasteiger partial charge on any atom is 0.334 e. The van der Waals surface area contributed by atoms with Crippen LogP contribution >= 0.6 is 0 Å². The summed E-state index contributed by atoms with van der Waals surface area (Å²) in [5.74, 6) is -1.64. The predicted molar refractivity (Wildman–Crippen MR) is 89.3 cm³/mol. The van der Waals surface area contributed by atoms with Crippen LogP contribution in [0.3, 0.4) is 0 Å². The van der Waals surface area contributed by atoms with E-state index in [2.05, 4.69) is 6.58 Å². The summed E-state index contributed by atoms with van der Waals surface area (Å²) in [5, 5.41) is 20.9. The lowest BCUT2D eigenvalue weighted by molar-refractivity contribution is -0.164. The molecule has 6 heteroatoms. The smallest absolute Gasteiger partial charge is 0.334 e. The molecule has 0 radical (unpaired) electrons. The lowest BCUT2D eigenvalue weighted by Crippen LogP contribution is -2.55. The number of carbonyl (C=O) groups is 2. The van der Waals surface area contributed by atoms with Gasteiger partial charge in [-0.2, -0.15) is 0 Å². The monoisotopic (exact) mass is 350 g/mol. The quantitative estimate of drug-likeness (QED) is 0.445. The molecule has 0 spiro atoms. The van der Waals surface area contributed by atoms with Gasteiger partial charge in [-0.1, -0.05) is 27.4 Å². The highest BCUT2D eigenvalue weighted by Gasteiger charge is 2.60. The van der Waals surface area contributed by atoms with Crippen LogP contribution in [0.5, 0.6) is 0 Å². The van der Waals surface area contributed by atoms with Crippen LogP contribution in [0.25, 0.3) is 0 Å². The SMILES string of the molecule is C=C1C(=O)OC2C3=C(C)C(O)CC(O)C3(C)CC(OC(=O)C(C)C)C12. The Morgan fingerprint density at radius 3 is 2.64 bits per heavy atom. The van der Waals surface area contributed by atoms with Gasteiger partial charge in [0.1, 0.15) is 12.2 Å².